The number of Topliss-reactive ketones (excluding diaryl/α,β-unsaturated/α-hetero) is 1. The number of rotatable bonds is 3. The molecule has 3 heterocycles. The van der Waals surface area contributed by atoms with Gasteiger partial charge in [-0.15, -0.1) is 0 Å². The number of fused-ring (bicyclic) bond motifs is 2. The SMILES string of the molecule is O=C1C(=Cc2n[nH]c3ccc(Cl)cc23)Oc2c1ccc(O)c2CN1CCNCC1. The smallest absolute Gasteiger partial charge is 0.232 e. The van der Waals surface area contributed by atoms with E-state index in [1.165, 1.54) is 0 Å². The minimum Gasteiger partial charge on any atom is -0.507 e. The lowest BCUT2D eigenvalue weighted by molar-refractivity contribution is 0.101. The van der Waals surface area contributed by atoms with Gasteiger partial charge in [-0.25, -0.2) is 0 Å². The van der Waals surface area contributed by atoms with Crippen molar-refractivity contribution in [2.24, 2.45) is 0 Å². The number of benzene rings is 2. The fraction of sp³-hybridized carbons (Fsp3) is 0.238. The second kappa shape index (κ2) is 7.18. The topological polar surface area (TPSA) is 90.5 Å². The Morgan fingerprint density at radius 2 is 2.07 bits per heavy atom. The molecular weight excluding hydrogens is 392 g/mol. The quantitative estimate of drug-likeness (QED) is 0.575. The van der Waals surface area contributed by atoms with E-state index >= 15 is 0 Å². The van der Waals surface area contributed by atoms with Crippen molar-refractivity contribution in [2.75, 3.05) is 26.2 Å². The van der Waals surface area contributed by atoms with Gasteiger partial charge in [0.15, 0.2) is 5.76 Å². The highest BCUT2D eigenvalue weighted by atomic mass is 35.5. The third-order valence-electron chi connectivity index (χ3n) is 5.33. The summed E-state index contributed by atoms with van der Waals surface area (Å²) < 4.78 is 5.95. The number of aromatic nitrogens is 2. The Kier molecular flexibility index (Phi) is 4.50. The molecule has 0 aliphatic carbocycles. The van der Waals surface area contributed by atoms with Gasteiger partial charge in [-0.05, 0) is 30.3 Å². The van der Waals surface area contributed by atoms with Crippen molar-refractivity contribution >= 4 is 34.4 Å². The van der Waals surface area contributed by atoms with E-state index in [9.17, 15) is 9.90 Å². The lowest BCUT2D eigenvalue weighted by Crippen LogP contribution is -2.42. The molecule has 0 radical (unpaired) electrons. The van der Waals surface area contributed by atoms with Gasteiger partial charge in [0.2, 0.25) is 5.78 Å². The standard InChI is InChI=1S/C21H19ClN4O3/c22-12-1-3-16-14(9-12)17(25-24-16)10-19-20(28)13-2-4-18(27)15(21(13)29-19)11-26-7-5-23-6-8-26/h1-4,9-10,23,27H,5-8,11H2,(H,24,25). The van der Waals surface area contributed by atoms with Crippen LogP contribution >= 0.6 is 11.6 Å². The minimum atomic E-state index is -0.222. The molecule has 2 aliphatic rings. The first-order chi connectivity index (χ1) is 14.1. The van der Waals surface area contributed by atoms with Crippen LogP contribution in [0.1, 0.15) is 21.6 Å². The third-order valence-corrected chi connectivity index (χ3v) is 5.56. The number of halogens is 1. The number of nitrogens with one attached hydrogen (secondary N) is 2. The van der Waals surface area contributed by atoms with Crippen molar-refractivity contribution < 1.29 is 14.6 Å². The normalized spacial score (nSPS) is 18.4. The van der Waals surface area contributed by atoms with Gasteiger partial charge in [-0.1, -0.05) is 11.6 Å². The first kappa shape index (κ1) is 18.2. The van der Waals surface area contributed by atoms with Crippen molar-refractivity contribution in [3.8, 4) is 11.5 Å². The Balaban J connectivity index is 1.50. The highest BCUT2D eigenvalue weighted by Gasteiger charge is 2.32. The Labute approximate surface area is 171 Å². The maximum atomic E-state index is 12.9. The van der Waals surface area contributed by atoms with Gasteiger partial charge in [0.05, 0.1) is 22.3 Å². The van der Waals surface area contributed by atoms with E-state index in [-0.39, 0.29) is 17.3 Å². The summed E-state index contributed by atoms with van der Waals surface area (Å²) in [5.74, 6) is 0.520. The molecule has 0 amide bonds. The van der Waals surface area contributed by atoms with Gasteiger partial charge in [-0.3, -0.25) is 14.8 Å². The van der Waals surface area contributed by atoms with E-state index in [4.69, 9.17) is 16.3 Å². The van der Waals surface area contributed by atoms with E-state index in [0.29, 0.717) is 34.1 Å². The Hall–Kier alpha value is -2.87. The van der Waals surface area contributed by atoms with Crippen molar-refractivity contribution in [1.82, 2.24) is 20.4 Å². The molecule has 7 nitrogen and oxygen atoms in total. The maximum absolute atomic E-state index is 12.9. The van der Waals surface area contributed by atoms with Gasteiger partial charge in [0.1, 0.15) is 11.5 Å². The van der Waals surface area contributed by atoms with Crippen LogP contribution < -0.4 is 10.1 Å². The number of carbonyl (C=O) groups excluding carboxylic acids is 1. The number of hydrogen-bond donors (Lipinski definition) is 3. The van der Waals surface area contributed by atoms with Crippen LogP contribution in [-0.2, 0) is 6.54 Å². The fourth-order valence-corrected chi connectivity index (χ4v) is 3.96. The molecule has 0 saturated carbocycles. The second-order valence-electron chi connectivity index (χ2n) is 7.20. The molecule has 5 rings (SSSR count). The summed E-state index contributed by atoms with van der Waals surface area (Å²) in [5.41, 5.74) is 2.49. The van der Waals surface area contributed by atoms with Crippen molar-refractivity contribution in [3.05, 3.63) is 57.9 Å². The van der Waals surface area contributed by atoms with Crippen LogP contribution in [-0.4, -0.2) is 52.2 Å². The van der Waals surface area contributed by atoms with Gasteiger partial charge in [-0.2, -0.15) is 5.10 Å². The zero-order chi connectivity index (χ0) is 20.0. The molecule has 0 spiro atoms. The van der Waals surface area contributed by atoms with Crippen molar-refractivity contribution in [1.29, 1.82) is 0 Å². The average Bonchev–Trinajstić information content (AvgIpc) is 3.26. The van der Waals surface area contributed by atoms with Gasteiger partial charge in [0.25, 0.3) is 0 Å². The number of aromatic amines is 1. The van der Waals surface area contributed by atoms with E-state index in [1.54, 1.807) is 30.3 Å². The molecular formula is C21H19ClN4O3. The predicted molar refractivity (Wildman–Crippen MR) is 110 cm³/mol. The molecule has 29 heavy (non-hydrogen) atoms. The summed E-state index contributed by atoms with van der Waals surface area (Å²) in [6.07, 6.45) is 1.61. The molecule has 2 aliphatic heterocycles. The van der Waals surface area contributed by atoms with Crippen LogP contribution in [0.15, 0.2) is 36.1 Å². The lowest BCUT2D eigenvalue weighted by atomic mass is 10.0. The van der Waals surface area contributed by atoms with Crippen LogP contribution in [0.3, 0.4) is 0 Å². The third kappa shape index (κ3) is 3.27. The number of phenolic OH excluding ortho intramolecular Hbond substituents is 1. The first-order valence-corrected chi connectivity index (χ1v) is 9.84. The second-order valence-corrected chi connectivity index (χ2v) is 7.64. The summed E-state index contributed by atoms with van der Waals surface area (Å²) in [4.78, 5) is 15.1. The predicted octanol–water partition coefficient (Wildman–Crippen LogP) is 2.94. The van der Waals surface area contributed by atoms with Crippen LogP contribution in [0.25, 0.3) is 17.0 Å². The fourth-order valence-electron chi connectivity index (χ4n) is 3.78. The van der Waals surface area contributed by atoms with Crippen molar-refractivity contribution in [3.63, 3.8) is 0 Å². The number of ether oxygens (including phenoxy) is 1. The summed E-state index contributed by atoms with van der Waals surface area (Å²) in [5, 5.41) is 22.3. The molecule has 8 heteroatoms. The highest BCUT2D eigenvalue weighted by Crippen LogP contribution is 2.40. The monoisotopic (exact) mass is 410 g/mol. The highest BCUT2D eigenvalue weighted by molar-refractivity contribution is 6.31. The average molecular weight is 411 g/mol. The molecule has 2 aromatic carbocycles. The number of allylic oxidation sites excluding steroid dienone is 1. The molecule has 1 aromatic heterocycles. The van der Waals surface area contributed by atoms with Crippen molar-refractivity contribution in [2.45, 2.75) is 6.54 Å². The first-order valence-electron chi connectivity index (χ1n) is 9.46. The molecule has 0 atom stereocenters. The summed E-state index contributed by atoms with van der Waals surface area (Å²) in [6, 6.07) is 8.57. The van der Waals surface area contributed by atoms with Gasteiger partial charge >= 0.3 is 0 Å². The maximum Gasteiger partial charge on any atom is 0.232 e. The van der Waals surface area contributed by atoms with Crippen LogP contribution in [0.4, 0.5) is 0 Å². The Morgan fingerprint density at radius 3 is 2.90 bits per heavy atom. The molecule has 0 bridgehead atoms. The van der Waals surface area contributed by atoms with Crippen LogP contribution in [0, 0.1) is 0 Å². The number of ketones is 1. The molecule has 1 fully saturated rings. The summed E-state index contributed by atoms with van der Waals surface area (Å²) in [7, 11) is 0. The van der Waals surface area contributed by atoms with E-state index in [2.05, 4.69) is 20.4 Å². The minimum absolute atomic E-state index is 0.133. The largest absolute Gasteiger partial charge is 0.507 e. The number of H-pyrrole nitrogens is 1. The van der Waals surface area contributed by atoms with E-state index < -0.39 is 0 Å². The van der Waals surface area contributed by atoms with Crippen LogP contribution in [0.5, 0.6) is 11.5 Å². The Bertz CT molecular complexity index is 1150. The molecule has 148 valence electrons. The molecule has 3 N–H and O–H groups in total. The molecule has 3 aromatic rings. The number of aromatic hydroxyl groups is 1. The zero-order valence-corrected chi connectivity index (χ0v) is 16.3. The number of piperazine rings is 1. The zero-order valence-electron chi connectivity index (χ0n) is 15.5. The number of phenols is 1. The number of carbonyl (C=O) groups is 1. The van der Waals surface area contributed by atoms with Gasteiger partial charge in [0, 0.05) is 49.2 Å². The van der Waals surface area contributed by atoms with E-state index in [0.717, 1.165) is 37.1 Å². The summed E-state index contributed by atoms with van der Waals surface area (Å²) >= 11 is 6.10. The lowest BCUT2D eigenvalue weighted by Gasteiger charge is -2.27. The molecule has 0 unspecified atom stereocenters. The van der Waals surface area contributed by atoms with Gasteiger partial charge < -0.3 is 15.2 Å². The Morgan fingerprint density at radius 1 is 1.24 bits per heavy atom. The number of hydrogen-bond acceptors (Lipinski definition) is 6. The summed E-state index contributed by atoms with van der Waals surface area (Å²) in [6.45, 7) is 4.07. The molecule has 1 saturated heterocycles. The van der Waals surface area contributed by atoms with Crippen LogP contribution in [0.2, 0.25) is 5.02 Å². The van der Waals surface area contributed by atoms with E-state index in [1.807, 2.05) is 6.07 Å². The number of nitrogens with zero attached hydrogens (tertiary/aromatic N) is 2.